The molecule has 0 aliphatic rings. The van der Waals surface area contributed by atoms with Gasteiger partial charge >= 0.3 is 6.18 Å². The molecule has 142 valence electrons. The zero-order valence-corrected chi connectivity index (χ0v) is 13.7. The third-order valence-corrected chi connectivity index (χ3v) is 3.29. The number of nitrogens with one attached hydrogen (secondary N) is 1. The van der Waals surface area contributed by atoms with Gasteiger partial charge < -0.3 is 0 Å². The fraction of sp³-hybridized carbons (Fsp3) is 0.429. The molecule has 26 heavy (non-hydrogen) atoms. The summed E-state index contributed by atoms with van der Waals surface area (Å²) >= 11 is 0. The van der Waals surface area contributed by atoms with E-state index in [1.54, 1.807) is 0 Å². The quantitative estimate of drug-likeness (QED) is 0.477. The molecule has 0 radical (unpaired) electrons. The monoisotopic (exact) mass is 378 g/mol. The number of halogens is 5. The highest BCUT2D eigenvalue weighted by atomic mass is 19.4. The van der Waals surface area contributed by atoms with Gasteiger partial charge in [-0.1, -0.05) is 0 Å². The van der Waals surface area contributed by atoms with Crippen LogP contribution in [0.1, 0.15) is 36.5 Å². The molecule has 0 saturated carbocycles. The predicted molar refractivity (Wildman–Crippen MR) is 80.7 cm³/mol. The number of hydrazone groups is 1. The summed E-state index contributed by atoms with van der Waals surface area (Å²) in [4.78, 5) is 12.0. The van der Waals surface area contributed by atoms with Crippen LogP contribution >= 0.6 is 0 Å². The molecule has 0 bridgehead atoms. The number of aryl methyl sites for hydroxylation is 1. The van der Waals surface area contributed by atoms with Gasteiger partial charge in [-0.2, -0.15) is 28.5 Å². The molecular formula is C14H15F5N6O. The van der Waals surface area contributed by atoms with Crippen molar-refractivity contribution >= 4 is 12.1 Å². The highest BCUT2D eigenvalue weighted by molar-refractivity contribution is 5.82. The summed E-state index contributed by atoms with van der Waals surface area (Å²) in [6.07, 6.45) is -4.96. The maximum atomic E-state index is 12.6. The van der Waals surface area contributed by atoms with E-state index in [2.05, 4.69) is 20.7 Å². The van der Waals surface area contributed by atoms with Crippen LogP contribution in [-0.2, 0) is 11.3 Å². The first kappa shape index (κ1) is 19.5. The van der Waals surface area contributed by atoms with Crippen LogP contribution in [0.15, 0.2) is 23.4 Å². The Kier molecular flexibility index (Phi) is 5.73. The number of amides is 1. The van der Waals surface area contributed by atoms with E-state index in [4.69, 9.17) is 0 Å². The van der Waals surface area contributed by atoms with Crippen molar-refractivity contribution in [3.8, 4) is 0 Å². The third kappa shape index (κ3) is 5.10. The minimum atomic E-state index is -4.40. The normalized spacial score (nSPS) is 13.5. The molecule has 0 spiro atoms. The molecule has 0 unspecified atom stereocenters. The first-order valence-electron chi connectivity index (χ1n) is 7.34. The Hall–Kier alpha value is -2.79. The van der Waals surface area contributed by atoms with Gasteiger partial charge in [-0.15, -0.1) is 0 Å². The van der Waals surface area contributed by atoms with Crippen LogP contribution in [0.5, 0.6) is 0 Å². The number of nitrogens with zero attached hydrogens (tertiary/aromatic N) is 5. The fourth-order valence-corrected chi connectivity index (χ4v) is 2.10. The maximum Gasteiger partial charge on any atom is 0.408 e. The maximum absolute atomic E-state index is 12.6. The lowest BCUT2D eigenvalue weighted by Crippen LogP contribution is -2.28. The van der Waals surface area contributed by atoms with E-state index in [0.29, 0.717) is 10.4 Å². The Morgan fingerprint density at radius 1 is 1.38 bits per heavy atom. The molecule has 0 aromatic carbocycles. The zero-order chi connectivity index (χ0) is 19.5. The minimum absolute atomic E-state index is 0.109. The lowest BCUT2D eigenvalue weighted by Gasteiger charge is -2.12. The molecule has 0 aliphatic heterocycles. The molecule has 1 atom stereocenters. The van der Waals surface area contributed by atoms with E-state index in [1.807, 2.05) is 0 Å². The van der Waals surface area contributed by atoms with E-state index >= 15 is 0 Å². The number of rotatable bonds is 6. The summed E-state index contributed by atoms with van der Waals surface area (Å²) < 4.78 is 63.8. The van der Waals surface area contributed by atoms with Gasteiger partial charge in [0, 0.05) is 11.9 Å². The average Bonchev–Trinajstić information content (AvgIpc) is 3.11. The molecular weight excluding hydrogens is 363 g/mol. The van der Waals surface area contributed by atoms with Crippen molar-refractivity contribution < 1.29 is 26.7 Å². The van der Waals surface area contributed by atoms with Gasteiger partial charge in [0.1, 0.15) is 24.0 Å². The van der Waals surface area contributed by atoms with E-state index in [9.17, 15) is 26.7 Å². The zero-order valence-electron chi connectivity index (χ0n) is 13.7. The largest absolute Gasteiger partial charge is 0.408 e. The summed E-state index contributed by atoms with van der Waals surface area (Å²) in [6, 6.07) is 1.55. The Labute approximate surface area is 144 Å². The Morgan fingerprint density at radius 2 is 2.08 bits per heavy atom. The van der Waals surface area contributed by atoms with Gasteiger partial charge in [0.25, 0.3) is 12.3 Å². The van der Waals surface area contributed by atoms with Crippen LogP contribution in [0.2, 0.25) is 0 Å². The van der Waals surface area contributed by atoms with Crippen molar-refractivity contribution in [3.63, 3.8) is 0 Å². The van der Waals surface area contributed by atoms with Crippen molar-refractivity contribution in [1.82, 2.24) is 25.0 Å². The van der Waals surface area contributed by atoms with Crippen LogP contribution in [0.3, 0.4) is 0 Å². The molecule has 12 heteroatoms. The number of aromatic nitrogens is 4. The van der Waals surface area contributed by atoms with Gasteiger partial charge in [-0.3, -0.25) is 14.2 Å². The van der Waals surface area contributed by atoms with Crippen molar-refractivity contribution in [1.29, 1.82) is 0 Å². The number of hydrogen-bond acceptors (Lipinski definition) is 4. The summed E-state index contributed by atoms with van der Waals surface area (Å²) in [6.45, 7) is 1.73. The van der Waals surface area contributed by atoms with Crippen LogP contribution in [0, 0.1) is 6.92 Å². The molecule has 0 aliphatic carbocycles. The van der Waals surface area contributed by atoms with E-state index in [-0.39, 0.29) is 5.69 Å². The van der Waals surface area contributed by atoms with E-state index in [1.165, 1.54) is 26.0 Å². The average molecular weight is 378 g/mol. The topological polar surface area (TPSA) is 77.1 Å². The van der Waals surface area contributed by atoms with Gasteiger partial charge in [0.15, 0.2) is 0 Å². The van der Waals surface area contributed by atoms with E-state index < -0.39 is 36.8 Å². The van der Waals surface area contributed by atoms with Crippen molar-refractivity contribution in [2.75, 3.05) is 0 Å². The molecule has 1 N–H and O–H groups in total. The van der Waals surface area contributed by atoms with Crippen LogP contribution in [-0.4, -0.2) is 37.9 Å². The van der Waals surface area contributed by atoms with E-state index in [0.717, 1.165) is 17.1 Å². The Bertz CT molecular complexity index is 794. The molecule has 2 rings (SSSR count). The highest BCUT2D eigenvalue weighted by Gasteiger charge is 2.28. The SMILES string of the molecule is Cc1cc(C(F)F)nn1[C@@H](C)C(=O)N/N=C/c1ccn(CC(F)(F)F)n1. The third-order valence-electron chi connectivity index (χ3n) is 3.29. The summed E-state index contributed by atoms with van der Waals surface area (Å²) in [7, 11) is 0. The Balaban J connectivity index is 1.96. The molecule has 2 aromatic heterocycles. The van der Waals surface area contributed by atoms with Crippen LogP contribution in [0.4, 0.5) is 22.0 Å². The smallest absolute Gasteiger partial charge is 0.271 e. The first-order chi connectivity index (χ1) is 12.1. The number of carbonyl (C=O) groups is 1. The predicted octanol–water partition coefficient (Wildman–Crippen LogP) is 2.60. The van der Waals surface area contributed by atoms with Crippen LogP contribution in [0.25, 0.3) is 0 Å². The number of alkyl halides is 5. The van der Waals surface area contributed by atoms with Crippen molar-refractivity contribution in [2.24, 2.45) is 5.10 Å². The fourth-order valence-electron chi connectivity index (χ4n) is 2.10. The lowest BCUT2D eigenvalue weighted by atomic mass is 10.3. The molecule has 1 amide bonds. The lowest BCUT2D eigenvalue weighted by molar-refractivity contribution is -0.142. The van der Waals surface area contributed by atoms with Gasteiger partial charge in [0.05, 0.1) is 6.21 Å². The van der Waals surface area contributed by atoms with Gasteiger partial charge in [-0.05, 0) is 26.0 Å². The van der Waals surface area contributed by atoms with Gasteiger partial charge in [-0.25, -0.2) is 14.2 Å². The van der Waals surface area contributed by atoms with Gasteiger partial charge in [0.2, 0.25) is 0 Å². The summed E-state index contributed by atoms with van der Waals surface area (Å²) in [5.41, 5.74) is 2.20. The molecule has 2 aromatic rings. The number of carbonyl (C=O) groups excluding carboxylic acids is 1. The molecule has 0 saturated heterocycles. The minimum Gasteiger partial charge on any atom is -0.271 e. The van der Waals surface area contributed by atoms with Crippen molar-refractivity contribution in [2.45, 2.75) is 39.0 Å². The molecule has 0 fully saturated rings. The Morgan fingerprint density at radius 3 is 2.65 bits per heavy atom. The standard InChI is InChI=1S/C14H15F5N6O/c1-8-5-11(12(15)16)23-25(8)9(2)13(26)21-20-6-10-3-4-24(22-10)7-14(17,18)19/h3-6,9,12H,7H2,1-2H3,(H,21,26)/b20-6+/t9-/m0/s1. The summed E-state index contributed by atoms with van der Waals surface area (Å²) in [5.74, 6) is -0.636. The summed E-state index contributed by atoms with van der Waals surface area (Å²) in [5, 5.41) is 10.9. The second-order valence-corrected chi connectivity index (χ2v) is 5.42. The second-order valence-electron chi connectivity index (χ2n) is 5.42. The van der Waals surface area contributed by atoms with Crippen LogP contribution < -0.4 is 5.43 Å². The number of hydrogen-bond donors (Lipinski definition) is 1. The molecule has 7 nitrogen and oxygen atoms in total. The highest BCUT2D eigenvalue weighted by Crippen LogP contribution is 2.20. The first-order valence-corrected chi connectivity index (χ1v) is 7.34. The van der Waals surface area contributed by atoms with Crippen molar-refractivity contribution in [3.05, 3.63) is 35.4 Å². The second kappa shape index (κ2) is 7.62. The molecule has 2 heterocycles.